The van der Waals surface area contributed by atoms with Crippen molar-refractivity contribution in [2.75, 3.05) is 20.1 Å². The molecule has 0 N–H and O–H groups in total. The lowest BCUT2D eigenvalue weighted by atomic mass is 9.88. The molecule has 28 heavy (non-hydrogen) atoms. The minimum absolute atomic E-state index is 0.0112. The van der Waals surface area contributed by atoms with Gasteiger partial charge in [0.25, 0.3) is 0 Å². The number of likely N-dealkylation sites (tertiary alicyclic amines) is 1. The van der Waals surface area contributed by atoms with Crippen molar-refractivity contribution in [3.8, 4) is 0 Å². The topological polar surface area (TPSA) is 40.6 Å². The van der Waals surface area contributed by atoms with Crippen molar-refractivity contribution in [2.45, 2.75) is 32.4 Å². The summed E-state index contributed by atoms with van der Waals surface area (Å²) in [7, 11) is 1.75. The summed E-state index contributed by atoms with van der Waals surface area (Å²) < 4.78 is 13.4. The number of amides is 1. The molecule has 5 heteroatoms. The van der Waals surface area contributed by atoms with Crippen LogP contribution in [0.5, 0.6) is 0 Å². The molecule has 1 fully saturated rings. The van der Waals surface area contributed by atoms with Gasteiger partial charge in [-0.15, -0.1) is 0 Å². The molecule has 1 aliphatic rings. The van der Waals surface area contributed by atoms with E-state index in [9.17, 15) is 14.0 Å². The molecule has 0 bridgehead atoms. The number of nitrogens with zero attached hydrogens (tertiary/aromatic N) is 2. The van der Waals surface area contributed by atoms with Gasteiger partial charge in [-0.2, -0.15) is 0 Å². The lowest BCUT2D eigenvalue weighted by Gasteiger charge is -2.36. The Morgan fingerprint density at radius 1 is 1.11 bits per heavy atom. The zero-order valence-electron chi connectivity index (χ0n) is 16.5. The number of hydrogen-bond acceptors (Lipinski definition) is 3. The standard InChI is InChI=1S/C23H27FN2O2/c1-17(23(28)25(2)16-18-7-6-10-21(24)15-18)26-13-11-20(12-14-26)22(27)19-8-4-3-5-9-19/h3-10,15,17,20H,11-14,16H2,1-2H3. The fraction of sp³-hybridized carbons (Fsp3) is 0.391. The summed E-state index contributed by atoms with van der Waals surface area (Å²) in [4.78, 5) is 29.2. The molecule has 1 saturated heterocycles. The van der Waals surface area contributed by atoms with Crippen LogP contribution in [0, 0.1) is 11.7 Å². The van der Waals surface area contributed by atoms with Gasteiger partial charge >= 0.3 is 0 Å². The van der Waals surface area contributed by atoms with Crippen LogP contribution in [0.2, 0.25) is 0 Å². The zero-order chi connectivity index (χ0) is 20.1. The maximum Gasteiger partial charge on any atom is 0.239 e. The van der Waals surface area contributed by atoms with E-state index in [4.69, 9.17) is 0 Å². The number of carbonyl (C=O) groups excluding carboxylic acids is 2. The Bertz CT molecular complexity index is 816. The highest BCUT2D eigenvalue weighted by atomic mass is 19.1. The SMILES string of the molecule is CC(C(=O)N(C)Cc1cccc(F)c1)N1CCC(C(=O)c2ccccc2)CC1. The lowest BCUT2D eigenvalue weighted by Crippen LogP contribution is -2.49. The Hall–Kier alpha value is -2.53. The van der Waals surface area contributed by atoms with Crippen molar-refractivity contribution in [1.82, 2.24) is 9.80 Å². The minimum atomic E-state index is -0.295. The molecule has 0 spiro atoms. The van der Waals surface area contributed by atoms with Crippen LogP contribution in [0.15, 0.2) is 54.6 Å². The van der Waals surface area contributed by atoms with Gasteiger partial charge in [0.1, 0.15) is 5.82 Å². The summed E-state index contributed by atoms with van der Waals surface area (Å²) in [5.41, 5.74) is 1.54. The predicted octanol–water partition coefficient (Wildman–Crippen LogP) is 3.77. The van der Waals surface area contributed by atoms with Gasteiger partial charge < -0.3 is 4.90 Å². The van der Waals surface area contributed by atoms with E-state index in [0.717, 1.165) is 37.1 Å². The Morgan fingerprint density at radius 2 is 1.79 bits per heavy atom. The highest BCUT2D eigenvalue weighted by Gasteiger charge is 2.31. The third-order valence-corrected chi connectivity index (χ3v) is 5.55. The van der Waals surface area contributed by atoms with Crippen molar-refractivity contribution < 1.29 is 14.0 Å². The van der Waals surface area contributed by atoms with Gasteiger partial charge in [-0.05, 0) is 50.6 Å². The Labute approximate surface area is 166 Å². The molecule has 1 unspecified atom stereocenters. The molecule has 1 aliphatic heterocycles. The summed E-state index contributed by atoms with van der Waals surface area (Å²) >= 11 is 0. The molecular weight excluding hydrogens is 355 g/mol. The molecule has 3 rings (SSSR count). The first kappa shape index (κ1) is 20.2. The summed E-state index contributed by atoms with van der Waals surface area (Å²) in [5, 5.41) is 0. The molecule has 1 atom stereocenters. The average Bonchev–Trinajstić information content (AvgIpc) is 2.73. The lowest BCUT2D eigenvalue weighted by molar-refractivity contribution is -0.136. The number of carbonyl (C=O) groups is 2. The van der Waals surface area contributed by atoms with Gasteiger partial charge in [0.15, 0.2) is 5.78 Å². The van der Waals surface area contributed by atoms with Gasteiger partial charge in [-0.3, -0.25) is 14.5 Å². The highest BCUT2D eigenvalue weighted by molar-refractivity contribution is 5.97. The molecule has 2 aromatic rings. The number of halogens is 1. The monoisotopic (exact) mass is 382 g/mol. The third kappa shape index (κ3) is 4.84. The number of likely N-dealkylation sites (N-methyl/N-ethyl adjacent to an activating group) is 1. The van der Waals surface area contributed by atoms with Crippen LogP contribution in [-0.2, 0) is 11.3 Å². The maximum atomic E-state index is 13.4. The Balaban J connectivity index is 1.53. The van der Waals surface area contributed by atoms with Gasteiger partial charge in [0, 0.05) is 25.1 Å². The van der Waals surface area contributed by atoms with Crippen molar-refractivity contribution in [1.29, 1.82) is 0 Å². The third-order valence-electron chi connectivity index (χ3n) is 5.55. The molecular formula is C23H27FN2O2. The molecule has 0 aromatic heterocycles. The van der Waals surface area contributed by atoms with Gasteiger partial charge in [-0.25, -0.2) is 4.39 Å². The van der Waals surface area contributed by atoms with E-state index < -0.39 is 0 Å². The Morgan fingerprint density at radius 3 is 2.43 bits per heavy atom. The van der Waals surface area contributed by atoms with Gasteiger partial charge in [-0.1, -0.05) is 42.5 Å². The van der Waals surface area contributed by atoms with Gasteiger partial charge in [0.2, 0.25) is 5.91 Å². The second-order valence-corrected chi connectivity index (χ2v) is 7.54. The number of ketones is 1. The molecule has 4 nitrogen and oxygen atoms in total. The molecule has 0 aliphatic carbocycles. The molecule has 148 valence electrons. The molecule has 1 heterocycles. The van der Waals surface area contributed by atoms with E-state index in [1.54, 1.807) is 18.0 Å². The second-order valence-electron chi connectivity index (χ2n) is 7.54. The predicted molar refractivity (Wildman–Crippen MR) is 107 cm³/mol. The zero-order valence-corrected chi connectivity index (χ0v) is 16.5. The number of hydrogen-bond donors (Lipinski definition) is 0. The summed E-state index contributed by atoms with van der Waals surface area (Å²) in [6, 6.07) is 15.5. The first-order chi connectivity index (χ1) is 13.5. The second kappa shape index (κ2) is 9.11. The van der Waals surface area contributed by atoms with E-state index >= 15 is 0 Å². The summed E-state index contributed by atoms with van der Waals surface area (Å²) in [5.74, 6) is -0.0675. The maximum absolute atomic E-state index is 13.4. The van der Waals surface area contributed by atoms with Crippen LogP contribution >= 0.6 is 0 Å². The van der Waals surface area contributed by atoms with E-state index in [0.29, 0.717) is 6.54 Å². The van der Waals surface area contributed by atoms with Crippen LogP contribution in [0.3, 0.4) is 0 Å². The molecule has 2 aromatic carbocycles. The molecule has 0 radical (unpaired) electrons. The van der Waals surface area contributed by atoms with E-state index in [1.807, 2.05) is 43.3 Å². The largest absolute Gasteiger partial charge is 0.340 e. The normalized spacial score (nSPS) is 16.5. The first-order valence-corrected chi connectivity index (χ1v) is 9.78. The number of benzene rings is 2. The van der Waals surface area contributed by atoms with E-state index in [1.165, 1.54) is 12.1 Å². The van der Waals surface area contributed by atoms with Crippen LogP contribution in [0.1, 0.15) is 35.7 Å². The van der Waals surface area contributed by atoms with Crippen LogP contribution < -0.4 is 0 Å². The van der Waals surface area contributed by atoms with Crippen molar-refractivity contribution >= 4 is 11.7 Å². The highest BCUT2D eigenvalue weighted by Crippen LogP contribution is 2.23. The van der Waals surface area contributed by atoms with Crippen molar-refractivity contribution in [3.63, 3.8) is 0 Å². The van der Waals surface area contributed by atoms with Crippen LogP contribution in [0.4, 0.5) is 4.39 Å². The molecule has 1 amide bonds. The van der Waals surface area contributed by atoms with Crippen LogP contribution in [0.25, 0.3) is 0 Å². The average molecular weight is 382 g/mol. The molecule has 0 saturated carbocycles. The van der Waals surface area contributed by atoms with E-state index in [2.05, 4.69) is 4.90 Å². The van der Waals surface area contributed by atoms with E-state index in [-0.39, 0.29) is 29.5 Å². The number of piperidine rings is 1. The fourth-order valence-corrected chi connectivity index (χ4v) is 3.85. The smallest absolute Gasteiger partial charge is 0.239 e. The fourth-order valence-electron chi connectivity index (χ4n) is 3.85. The quantitative estimate of drug-likeness (QED) is 0.714. The Kier molecular flexibility index (Phi) is 6.57. The van der Waals surface area contributed by atoms with Crippen molar-refractivity contribution in [2.24, 2.45) is 5.92 Å². The number of Topliss-reactive ketones (excluding diaryl/α,β-unsaturated/α-hetero) is 1. The van der Waals surface area contributed by atoms with Crippen molar-refractivity contribution in [3.05, 3.63) is 71.5 Å². The summed E-state index contributed by atoms with van der Waals surface area (Å²) in [6.07, 6.45) is 1.53. The summed E-state index contributed by atoms with van der Waals surface area (Å²) in [6.45, 7) is 3.74. The first-order valence-electron chi connectivity index (χ1n) is 9.78. The van der Waals surface area contributed by atoms with Gasteiger partial charge in [0.05, 0.1) is 6.04 Å². The minimum Gasteiger partial charge on any atom is -0.340 e. The number of rotatable bonds is 6. The van der Waals surface area contributed by atoms with Crippen LogP contribution in [-0.4, -0.2) is 47.7 Å².